The Morgan fingerprint density at radius 1 is 1.61 bits per heavy atom. The quantitative estimate of drug-likeness (QED) is 0.925. The molecule has 0 fully saturated rings. The number of hydrogen-bond acceptors (Lipinski definition) is 5. The summed E-state index contributed by atoms with van der Waals surface area (Å²) < 4.78 is 5.09. The van der Waals surface area contributed by atoms with Crippen LogP contribution < -0.4 is 10.6 Å². The average molecular weight is 263 g/mol. The SMILES string of the molecule is CN(Cc1ccoc1)c1nc2c(s1)CCCC2N. The predicted octanol–water partition coefficient (Wildman–Crippen LogP) is 2.71. The summed E-state index contributed by atoms with van der Waals surface area (Å²) in [6, 6.07) is 2.11. The van der Waals surface area contributed by atoms with E-state index < -0.39 is 0 Å². The van der Waals surface area contributed by atoms with Crippen molar-refractivity contribution in [3.8, 4) is 0 Å². The van der Waals surface area contributed by atoms with Crippen LogP contribution in [0, 0.1) is 0 Å². The van der Waals surface area contributed by atoms with Crippen molar-refractivity contribution in [1.29, 1.82) is 0 Å². The Balaban J connectivity index is 1.80. The van der Waals surface area contributed by atoms with Crippen LogP contribution in [0.3, 0.4) is 0 Å². The summed E-state index contributed by atoms with van der Waals surface area (Å²) in [5, 5.41) is 1.05. The second kappa shape index (κ2) is 4.74. The highest BCUT2D eigenvalue weighted by molar-refractivity contribution is 7.15. The first-order valence-corrected chi connectivity index (χ1v) is 7.03. The van der Waals surface area contributed by atoms with Gasteiger partial charge in [-0.3, -0.25) is 0 Å². The first-order chi connectivity index (χ1) is 8.74. The lowest BCUT2D eigenvalue weighted by molar-refractivity contribution is 0.562. The van der Waals surface area contributed by atoms with Gasteiger partial charge in [-0.15, -0.1) is 11.3 Å². The summed E-state index contributed by atoms with van der Waals surface area (Å²) in [5.41, 5.74) is 8.38. The van der Waals surface area contributed by atoms with Crippen LogP contribution in [0.25, 0.3) is 0 Å². The molecule has 96 valence electrons. The summed E-state index contributed by atoms with van der Waals surface area (Å²) >= 11 is 1.77. The maximum Gasteiger partial charge on any atom is 0.185 e. The first-order valence-electron chi connectivity index (χ1n) is 6.21. The maximum absolute atomic E-state index is 6.11. The minimum Gasteiger partial charge on any atom is -0.472 e. The van der Waals surface area contributed by atoms with Crippen molar-refractivity contribution < 1.29 is 4.42 Å². The predicted molar refractivity (Wildman–Crippen MR) is 72.8 cm³/mol. The van der Waals surface area contributed by atoms with Crippen molar-refractivity contribution in [3.63, 3.8) is 0 Å². The van der Waals surface area contributed by atoms with E-state index in [1.54, 1.807) is 23.9 Å². The lowest BCUT2D eigenvalue weighted by Crippen LogP contribution is -2.18. The summed E-state index contributed by atoms with van der Waals surface area (Å²) in [6.07, 6.45) is 6.84. The molecule has 0 radical (unpaired) electrons. The molecule has 2 aromatic rings. The number of thiazole rings is 1. The first kappa shape index (κ1) is 11.7. The third-order valence-corrected chi connectivity index (χ3v) is 4.56. The summed E-state index contributed by atoms with van der Waals surface area (Å²) in [5.74, 6) is 0. The van der Waals surface area contributed by atoms with Crippen LogP contribution in [-0.2, 0) is 13.0 Å². The number of aryl methyl sites for hydroxylation is 1. The average Bonchev–Trinajstić information content (AvgIpc) is 2.97. The smallest absolute Gasteiger partial charge is 0.185 e. The van der Waals surface area contributed by atoms with Crippen molar-refractivity contribution in [2.45, 2.75) is 31.8 Å². The van der Waals surface area contributed by atoms with E-state index >= 15 is 0 Å². The van der Waals surface area contributed by atoms with Gasteiger partial charge in [-0.05, 0) is 25.3 Å². The van der Waals surface area contributed by atoms with Crippen LogP contribution in [0.5, 0.6) is 0 Å². The summed E-state index contributed by atoms with van der Waals surface area (Å²) in [7, 11) is 2.06. The van der Waals surface area contributed by atoms with Crippen LogP contribution in [0.4, 0.5) is 5.13 Å². The van der Waals surface area contributed by atoms with E-state index in [0.717, 1.165) is 35.8 Å². The van der Waals surface area contributed by atoms with Gasteiger partial charge in [0.1, 0.15) is 0 Å². The molecule has 2 N–H and O–H groups in total. The highest BCUT2D eigenvalue weighted by Gasteiger charge is 2.22. The van der Waals surface area contributed by atoms with Gasteiger partial charge >= 0.3 is 0 Å². The van der Waals surface area contributed by atoms with Crippen molar-refractivity contribution in [2.24, 2.45) is 5.73 Å². The topological polar surface area (TPSA) is 55.3 Å². The fourth-order valence-corrected chi connectivity index (χ4v) is 3.46. The van der Waals surface area contributed by atoms with Crippen LogP contribution in [0.2, 0.25) is 0 Å². The molecule has 3 rings (SSSR count). The fraction of sp³-hybridized carbons (Fsp3) is 0.462. The van der Waals surface area contributed by atoms with Crippen molar-refractivity contribution in [3.05, 3.63) is 34.7 Å². The number of furan rings is 1. The summed E-state index contributed by atoms with van der Waals surface area (Å²) in [4.78, 5) is 8.22. The van der Waals surface area contributed by atoms with E-state index in [0.29, 0.717) is 0 Å². The molecule has 1 atom stereocenters. The van der Waals surface area contributed by atoms with Crippen LogP contribution in [0.1, 0.15) is 35.0 Å². The van der Waals surface area contributed by atoms with Gasteiger partial charge in [-0.2, -0.15) is 0 Å². The number of nitrogens with two attached hydrogens (primary N) is 1. The van der Waals surface area contributed by atoms with E-state index in [-0.39, 0.29) is 6.04 Å². The Hall–Kier alpha value is -1.33. The molecule has 2 heterocycles. The van der Waals surface area contributed by atoms with E-state index in [4.69, 9.17) is 15.1 Å². The minimum atomic E-state index is 0.126. The molecule has 0 aliphatic heterocycles. The number of nitrogens with zero attached hydrogens (tertiary/aromatic N) is 2. The van der Waals surface area contributed by atoms with Gasteiger partial charge < -0.3 is 15.1 Å². The summed E-state index contributed by atoms with van der Waals surface area (Å²) in [6.45, 7) is 0.818. The van der Waals surface area contributed by atoms with E-state index in [1.807, 2.05) is 6.07 Å². The van der Waals surface area contributed by atoms with Gasteiger partial charge in [0.05, 0.1) is 18.2 Å². The van der Waals surface area contributed by atoms with Gasteiger partial charge in [0.15, 0.2) is 5.13 Å². The van der Waals surface area contributed by atoms with Crippen molar-refractivity contribution >= 4 is 16.5 Å². The van der Waals surface area contributed by atoms with Crippen molar-refractivity contribution in [2.75, 3.05) is 11.9 Å². The standard InChI is InChI=1S/C13H17N3OS/c1-16(7-9-5-6-17-8-9)13-15-12-10(14)3-2-4-11(12)18-13/h5-6,8,10H,2-4,7,14H2,1H3. The molecule has 2 aromatic heterocycles. The normalized spacial score (nSPS) is 18.7. The number of aromatic nitrogens is 1. The van der Waals surface area contributed by atoms with Gasteiger partial charge in [0.2, 0.25) is 0 Å². The lowest BCUT2D eigenvalue weighted by Gasteiger charge is -2.16. The molecule has 0 amide bonds. The van der Waals surface area contributed by atoms with E-state index in [9.17, 15) is 0 Å². The Morgan fingerprint density at radius 3 is 3.22 bits per heavy atom. The molecule has 0 saturated carbocycles. The molecule has 0 aromatic carbocycles. The molecule has 5 heteroatoms. The molecule has 1 unspecified atom stereocenters. The molecule has 0 saturated heterocycles. The second-order valence-corrected chi connectivity index (χ2v) is 5.85. The molecule has 1 aliphatic carbocycles. The minimum absolute atomic E-state index is 0.126. The molecule has 18 heavy (non-hydrogen) atoms. The zero-order valence-corrected chi connectivity index (χ0v) is 11.2. The number of fused-ring (bicyclic) bond motifs is 1. The third kappa shape index (κ3) is 2.15. The molecular weight excluding hydrogens is 246 g/mol. The van der Waals surface area contributed by atoms with Crippen molar-refractivity contribution in [1.82, 2.24) is 4.98 Å². The van der Waals surface area contributed by atoms with E-state index in [1.165, 1.54) is 11.3 Å². The highest BCUT2D eigenvalue weighted by atomic mass is 32.1. The highest BCUT2D eigenvalue weighted by Crippen LogP contribution is 2.35. The molecular formula is C13H17N3OS. The number of hydrogen-bond donors (Lipinski definition) is 1. The lowest BCUT2D eigenvalue weighted by atomic mass is 9.99. The van der Waals surface area contributed by atoms with Gasteiger partial charge in [-0.1, -0.05) is 0 Å². The molecule has 4 nitrogen and oxygen atoms in total. The van der Waals surface area contributed by atoms with Crippen LogP contribution in [-0.4, -0.2) is 12.0 Å². The number of rotatable bonds is 3. The van der Waals surface area contributed by atoms with Gasteiger partial charge in [0.25, 0.3) is 0 Å². The third-order valence-electron chi connectivity index (χ3n) is 3.31. The second-order valence-electron chi connectivity index (χ2n) is 4.79. The molecule has 0 bridgehead atoms. The Bertz CT molecular complexity index is 520. The number of anilines is 1. The maximum atomic E-state index is 6.11. The largest absolute Gasteiger partial charge is 0.472 e. The zero-order valence-electron chi connectivity index (χ0n) is 10.4. The van der Waals surface area contributed by atoms with Gasteiger partial charge in [-0.25, -0.2) is 4.98 Å². The Kier molecular flexibility index (Phi) is 3.09. The van der Waals surface area contributed by atoms with E-state index in [2.05, 4.69) is 11.9 Å². The Morgan fingerprint density at radius 2 is 2.50 bits per heavy atom. The zero-order chi connectivity index (χ0) is 12.5. The van der Waals surface area contributed by atoms with Gasteiger partial charge in [0, 0.05) is 30.1 Å². The fourth-order valence-electron chi connectivity index (χ4n) is 2.33. The van der Waals surface area contributed by atoms with Crippen LogP contribution >= 0.6 is 11.3 Å². The Labute approximate surface area is 110 Å². The molecule has 1 aliphatic rings. The monoisotopic (exact) mass is 263 g/mol. The molecule has 0 spiro atoms. The van der Waals surface area contributed by atoms with Crippen LogP contribution in [0.15, 0.2) is 23.0 Å².